The minimum absolute atomic E-state index is 0.0199. The van der Waals surface area contributed by atoms with Crippen molar-refractivity contribution in [2.45, 2.75) is 20.8 Å². The van der Waals surface area contributed by atoms with Gasteiger partial charge in [0.1, 0.15) is 0 Å². The lowest BCUT2D eigenvalue weighted by Gasteiger charge is -2.20. The average Bonchev–Trinajstić information content (AvgIpc) is 2.31. The van der Waals surface area contributed by atoms with Gasteiger partial charge in [-0.2, -0.15) is 0 Å². The van der Waals surface area contributed by atoms with Crippen LogP contribution in [0.1, 0.15) is 19.4 Å². The van der Waals surface area contributed by atoms with Crippen molar-refractivity contribution < 1.29 is 4.79 Å². The first-order chi connectivity index (χ1) is 8.92. The summed E-state index contributed by atoms with van der Waals surface area (Å²) < 4.78 is 0. The highest BCUT2D eigenvalue weighted by Gasteiger charge is 2.10. The predicted octanol–water partition coefficient (Wildman–Crippen LogP) is 3.48. The standard InChI is InChI=1S/C15H21ClN2O/c1-5-18(9-11(2)3)10-15(19)17-14-7-6-13(16)8-12(14)4/h6-8H,2,5,9-10H2,1,3-4H3,(H,17,19). The van der Waals surface area contributed by atoms with E-state index in [1.807, 2.05) is 37.8 Å². The first-order valence-corrected chi connectivity index (χ1v) is 6.73. The van der Waals surface area contributed by atoms with Gasteiger partial charge in [-0.25, -0.2) is 0 Å². The van der Waals surface area contributed by atoms with Crippen molar-refractivity contribution >= 4 is 23.2 Å². The minimum Gasteiger partial charge on any atom is -0.325 e. The van der Waals surface area contributed by atoms with E-state index in [1.165, 1.54) is 0 Å². The summed E-state index contributed by atoms with van der Waals surface area (Å²) in [6.45, 7) is 11.7. The van der Waals surface area contributed by atoms with Crippen LogP contribution < -0.4 is 5.32 Å². The smallest absolute Gasteiger partial charge is 0.238 e. The zero-order chi connectivity index (χ0) is 14.4. The second-order valence-corrected chi connectivity index (χ2v) is 5.20. The molecule has 0 unspecified atom stereocenters. The zero-order valence-electron chi connectivity index (χ0n) is 11.8. The number of carbonyl (C=O) groups excluding carboxylic acids is 1. The monoisotopic (exact) mass is 280 g/mol. The summed E-state index contributed by atoms with van der Waals surface area (Å²) in [5.41, 5.74) is 2.82. The maximum Gasteiger partial charge on any atom is 0.238 e. The second kappa shape index (κ2) is 7.31. The van der Waals surface area contributed by atoms with Gasteiger partial charge in [0.25, 0.3) is 0 Å². The molecule has 0 atom stereocenters. The first-order valence-electron chi connectivity index (χ1n) is 6.35. The van der Waals surface area contributed by atoms with Crippen molar-refractivity contribution in [2.75, 3.05) is 25.0 Å². The van der Waals surface area contributed by atoms with E-state index in [9.17, 15) is 4.79 Å². The van der Waals surface area contributed by atoms with E-state index >= 15 is 0 Å². The number of aryl methyl sites for hydroxylation is 1. The van der Waals surface area contributed by atoms with Gasteiger partial charge in [0, 0.05) is 17.3 Å². The topological polar surface area (TPSA) is 32.3 Å². The number of rotatable bonds is 6. The molecule has 1 N–H and O–H groups in total. The van der Waals surface area contributed by atoms with Crippen molar-refractivity contribution in [3.8, 4) is 0 Å². The minimum atomic E-state index is -0.0199. The average molecular weight is 281 g/mol. The fraction of sp³-hybridized carbons (Fsp3) is 0.400. The lowest BCUT2D eigenvalue weighted by molar-refractivity contribution is -0.117. The number of likely N-dealkylation sites (N-methyl/N-ethyl adjacent to an activating group) is 1. The van der Waals surface area contributed by atoms with E-state index in [-0.39, 0.29) is 5.91 Å². The number of hydrogen-bond donors (Lipinski definition) is 1. The van der Waals surface area contributed by atoms with Crippen LogP contribution in [0.4, 0.5) is 5.69 Å². The quantitative estimate of drug-likeness (QED) is 0.809. The van der Waals surface area contributed by atoms with Crippen molar-refractivity contribution in [3.05, 3.63) is 40.9 Å². The number of nitrogens with zero attached hydrogens (tertiary/aromatic N) is 1. The molecule has 0 aliphatic carbocycles. The number of hydrogen-bond acceptors (Lipinski definition) is 2. The van der Waals surface area contributed by atoms with Crippen molar-refractivity contribution in [3.63, 3.8) is 0 Å². The number of nitrogens with one attached hydrogen (secondary N) is 1. The van der Waals surface area contributed by atoms with Crippen LogP contribution in [-0.4, -0.2) is 30.4 Å². The summed E-state index contributed by atoms with van der Waals surface area (Å²) in [6.07, 6.45) is 0. The third kappa shape index (κ3) is 5.45. The zero-order valence-corrected chi connectivity index (χ0v) is 12.5. The van der Waals surface area contributed by atoms with Crippen LogP contribution in [0.2, 0.25) is 5.02 Å². The Morgan fingerprint density at radius 2 is 2.11 bits per heavy atom. The van der Waals surface area contributed by atoms with E-state index in [0.29, 0.717) is 11.6 Å². The largest absolute Gasteiger partial charge is 0.325 e. The maximum atomic E-state index is 12.0. The first kappa shape index (κ1) is 15.7. The molecule has 19 heavy (non-hydrogen) atoms. The number of benzene rings is 1. The Labute approximate surface area is 120 Å². The molecule has 0 radical (unpaired) electrons. The van der Waals surface area contributed by atoms with Crippen molar-refractivity contribution in [1.82, 2.24) is 4.90 Å². The Morgan fingerprint density at radius 3 is 2.63 bits per heavy atom. The molecule has 0 fully saturated rings. The number of carbonyl (C=O) groups is 1. The third-order valence-electron chi connectivity index (χ3n) is 2.77. The SMILES string of the molecule is C=C(C)CN(CC)CC(=O)Nc1ccc(Cl)cc1C. The van der Waals surface area contributed by atoms with Crippen LogP contribution in [-0.2, 0) is 4.79 Å². The van der Waals surface area contributed by atoms with E-state index in [1.54, 1.807) is 6.07 Å². The number of amides is 1. The molecule has 0 spiro atoms. The highest BCUT2D eigenvalue weighted by atomic mass is 35.5. The normalized spacial score (nSPS) is 10.6. The maximum absolute atomic E-state index is 12.0. The predicted molar refractivity (Wildman–Crippen MR) is 81.7 cm³/mol. The molecule has 0 aliphatic heterocycles. The second-order valence-electron chi connectivity index (χ2n) is 4.77. The molecule has 0 aliphatic rings. The third-order valence-corrected chi connectivity index (χ3v) is 3.01. The van der Waals surface area contributed by atoms with Gasteiger partial charge in [-0.3, -0.25) is 9.69 Å². The lowest BCUT2D eigenvalue weighted by Crippen LogP contribution is -2.34. The van der Waals surface area contributed by atoms with E-state index in [4.69, 9.17) is 11.6 Å². The molecular formula is C15H21ClN2O. The van der Waals surface area contributed by atoms with E-state index < -0.39 is 0 Å². The van der Waals surface area contributed by atoms with E-state index in [0.717, 1.165) is 29.9 Å². The van der Waals surface area contributed by atoms with Gasteiger partial charge in [0.05, 0.1) is 6.54 Å². The number of halogens is 1. The molecule has 4 heteroatoms. The van der Waals surface area contributed by atoms with Gasteiger partial charge < -0.3 is 5.32 Å². The highest BCUT2D eigenvalue weighted by molar-refractivity contribution is 6.30. The summed E-state index contributed by atoms with van der Waals surface area (Å²) in [5.74, 6) is -0.0199. The van der Waals surface area contributed by atoms with Crippen molar-refractivity contribution in [2.24, 2.45) is 0 Å². The molecule has 0 saturated carbocycles. The fourth-order valence-corrected chi connectivity index (χ4v) is 2.05. The number of anilines is 1. The lowest BCUT2D eigenvalue weighted by atomic mass is 10.2. The molecular weight excluding hydrogens is 260 g/mol. The van der Waals surface area contributed by atoms with Crippen LogP contribution in [0.25, 0.3) is 0 Å². The van der Waals surface area contributed by atoms with Crippen LogP contribution in [0.15, 0.2) is 30.4 Å². The Morgan fingerprint density at radius 1 is 1.42 bits per heavy atom. The summed E-state index contributed by atoms with van der Waals surface area (Å²) >= 11 is 5.89. The molecule has 0 aromatic heterocycles. The molecule has 1 amide bonds. The molecule has 1 aromatic carbocycles. The van der Waals surface area contributed by atoms with Gasteiger partial charge in [-0.1, -0.05) is 30.7 Å². The highest BCUT2D eigenvalue weighted by Crippen LogP contribution is 2.19. The van der Waals surface area contributed by atoms with Crippen molar-refractivity contribution in [1.29, 1.82) is 0 Å². The van der Waals surface area contributed by atoms with Gasteiger partial charge in [-0.05, 0) is 44.2 Å². The van der Waals surface area contributed by atoms with Crippen LogP contribution >= 0.6 is 11.6 Å². The molecule has 0 heterocycles. The molecule has 104 valence electrons. The van der Waals surface area contributed by atoms with Gasteiger partial charge in [0.2, 0.25) is 5.91 Å². The Bertz CT molecular complexity index is 471. The van der Waals surface area contributed by atoms with Crippen LogP contribution in [0, 0.1) is 6.92 Å². The molecule has 1 aromatic rings. The van der Waals surface area contributed by atoms with Gasteiger partial charge in [0.15, 0.2) is 0 Å². The fourth-order valence-electron chi connectivity index (χ4n) is 1.82. The Hall–Kier alpha value is -1.32. The van der Waals surface area contributed by atoms with E-state index in [2.05, 4.69) is 11.9 Å². The Balaban J connectivity index is 2.61. The van der Waals surface area contributed by atoms with Crippen LogP contribution in [0.5, 0.6) is 0 Å². The molecule has 0 saturated heterocycles. The molecule has 1 rings (SSSR count). The Kier molecular flexibility index (Phi) is 6.06. The summed E-state index contributed by atoms with van der Waals surface area (Å²) in [7, 11) is 0. The summed E-state index contributed by atoms with van der Waals surface area (Å²) in [5, 5.41) is 3.58. The van der Waals surface area contributed by atoms with Gasteiger partial charge >= 0.3 is 0 Å². The van der Waals surface area contributed by atoms with Crippen LogP contribution in [0.3, 0.4) is 0 Å². The molecule has 0 bridgehead atoms. The van der Waals surface area contributed by atoms with Gasteiger partial charge in [-0.15, -0.1) is 0 Å². The molecule has 3 nitrogen and oxygen atoms in total. The summed E-state index contributed by atoms with van der Waals surface area (Å²) in [6, 6.07) is 5.43. The summed E-state index contributed by atoms with van der Waals surface area (Å²) in [4.78, 5) is 14.0.